The lowest BCUT2D eigenvalue weighted by molar-refractivity contribution is 0.0924. The summed E-state index contributed by atoms with van der Waals surface area (Å²) in [4.78, 5) is 18.4. The Balaban J connectivity index is 1.85. The van der Waals surface area contributed by atoms with Gasteiger partial charge in [-0.2, -0.15) is 0 Å². The molecular formula is C18H19N3O3S. The number of carbonyl (C=O) groups is 1. The molecule has 0 saturated heterocycles. The van der Waals surface area contributed by atoms with Crippen LogP contribution in [0.2, 0.25) is 0 Å². The number of ether oxygens (including phenoxy) is 2. The monoisotopic (exact) mass is 357 g/mol. The second kappa shape index (κ2) is 5.49. The predicted molar refractivity (Wildman–Crippen MR) is 99.7 cm³/mol. The van der Waals surface area contributed by atoms with E-state index in [9.17, 15) is 4.79 Å². The summed E-state index contributed by atoms with van der Waals surface area (Å²) in [7, 11) is 0. The van der Waals surface area contributed by atoms with Crippen molar-refractivity contribution < 1.29 is 14.3 Å². The van der Waals surface area contributed by atoms with Crippen LogP contribution in [0.1, 0.15) is 30.4 Å². The molecule has 0 saturated carbocycles. The van der Waals surface area contributed by atoms with Crippen molar-refractivity contribution in [2.75, 3.05) is 18.9 Å². The van der Waals surface area contributed by atoms with Crippen molar-refractivity contribution in [1.82, 2.24) is 10.3 Å². The van der Waals surface area contributed by atoms with E-state index in [2.05, 4.69) is 10.3 Å². The number of thiophene rings is 1. The van der Waals surface area contributed by atoms with Crippen LogP contribution in [0.4, 0.5) is 5.69 Å². The summed E-state index contributed by atoms with van der Waals surface area (Å²) in [5, 5.41) is 4.64. The van der Waals surface area contributed by atoms with Crippen LogP contribution in [0.25, 0.3) is 21.1 Å². The molecule has 3 heterocycles. The van der Waals surface area contributed by atoms with Crippen LogP contribution in [0, 0.1) is 0 Å². The van der Waals surface area contributed by atoms with E-state index in [4.69, 9.17) is 15.2 Å². The molecule has 1 aliphatic rings. The van der Waals surface area contributed by atoms with Crippen molar-refractivity contribution in [3.8, 4) is 11.5 Å². The first-order valence-corrected chi connectivity index (χ1v) is 8.88. The molecule has 1 aromatic carbocycles. The van der Waals surface area contributed by atoms with Crippen LogP contribution in [0.15, 0.2) is 18.2 Å². The SMILES string of the molecule is CC(C)(C)NC(=O)c1sc2nc3cc4c(cc3cc2c1N)OCCO4. The lowest BCUT2D eigenvalue weighted by Crippen LogP contribution is -2.40. The molecule has 0 radical (unpaired) electrons. The van der Waals surface area contributed by atoms with Gasteiger partial charge in [0.05, 0.1) is 11.2 Å². The maximum atomic E-state index is 12.5. The zero-order valence-corrected chi connectivity index (χ0v) is 15.1. The number of aromatic nitrogens is 1. The topological polar surface area (TPSA) is 86.5 Å². The number of nitrogens with one attached hydrogen (secondary N) is 1. The first kappa shape index (κ1) is 16.0. The van der Waals surface area contributed by atoms with Crippen LogP contribution >= 0.6 is 11.3 Å². The molecule has 6 nitrogen and oxygen atoms in total. The van der Waals surface area contributed by atoms with Gasteiger partial charge in [0.25, 0.3) is 5.91 Å². The number of fused-ring (bicyclic) bond motifs is 3. The maximum absolute atomic E-state index is 12.5. The fourth-order valence-corrected chi connectivity index (χ4v) is 3.78. The van der Waals surface area contributed by atoms with E-state index in [1.54, 1.807) is 0 Å². The quantitative estimate of drug-likeness (QED) is 0.698. The number of amides is 1. The Morgan fingerprint density at radius 2 is 1.88 bits per heavy atom. The van der Waals surface area contributed by atoms with Crippen molar-refractivity contribution in [2.24, 2.45) is 0 Å². The second-order valence-corrected chi connectivity index (χ2v) is 8.08. The number of hydrogen-bond acceptors (Lipinski definition) is 6. The minimum Gasteiger partial charge on any atom is -0.486 e. The minimum absolute atomic E-state index is 0.178. The van der Waals surface area contributed by atoms with Crippen molar-refractivity contribution in [3.63, 3.8) is 0 Å². The van der Waals surface area contributed by atoms with Crippen LogP contribution in [-0.2, 0) is 0 Å². The molecule has 4 rings (SSSR count). The molecule has 0 atom stereocenters. The van der Waals surface area contributed by atoms with E-state index in [1.807, 2.05) is 39.0 Å². The van der Waals surface area contributed by atoms with Crippen molar-refractivity contribution in [1.29, 1.82) is 0 Å². The molecule has 130 valence electrons. The Morgan fingerprint density at radius 3 is 2.56 bits per heavy atom. The van der Waals surface area contributed by atoms with Gasteiger partial charge in [0.1, 0.15) is 22.9 Å². The normalized spacial score (nSPS) is 14.0. The third-order valence-electron chi connectivity index (χ3n) is 3.87. The number of nitrogen functional groups attached to an aromatic ring is 1. The Labute approximate surface area is 148 Å². The molecule has 0 bridgehead atoms. The summed E-state index contributed by atoms with van der Waals surface area (Å²) in [5.74, 6) is 1.23. The highest BCUT2D eigenvalue weighted by molar-refractivity contribution is 7.21. The van der Waals surface area contributed by atoms with Gasteiger partial charge in [-0.25, -0.2) is 4.98 Å². The standard InChI is InChI=1S/C18H19N3O3S/c1-18(2,3)21-16(22)15-14(19)10-6-9-7-12-13(24-5-4-23-12)8-11(9)20-17(10)25-15/h6-8H,4-5,19H2,1-3H3,(H,21,22). The molecule has 3 N–H and O–H groups in total. The number of benzene rings is 1. The molecule has 0 unspecified atom stereocenters. The Bertz CT molecular complexity index is 1000. The number of nitrogens with zero attached hydrogens (tertiary/aromatic N) is 1. The summed E-state index contributed by atoms with van der Waals surface area (Å²) in [5.41, 5.74) is 7.17. The highest BCUT2D eigenvalue weighted by Gasteiger charge is 2.22. The average molecular weight is 357 g/mol. The molecular weight excluding hydrogens is 338 g/mol. The second-order valence-electron chi connectivity index (χ2n) is 7.08. The summed E-state index contributed by atoms with van der Waals surface area (Å²) >= 11 is 1.30. The number of pyridine rings is 1. The number of carbonyl (C=O) groups excluding carboxylic acids is 1. The van der Waals surface area contributed by atoms with Crippen LogP contribution in [0.5, 0.6) is 11.5 Å². The zero-order chi connectivity index (χ0) is 17.8. The van der Waals surface area contributed by atoms with Crippen molar-refractivity contribution in [2.45, 2.75) is 26.3 Å². The fourth-order valence-electron chi connectivity index (χ4n) is 2.80. The molecule has 1 aliphatic heterocycles. The summed E-state index contributed by atoms with van der Waals surface area (Å²) < 4.78 is 11.2. The van der Waals surface area contributed by atoms with Gasteiger partial charge in [0.2, 0.25) is 0 Å². The molecule has 0 spiro atoms. The number of rotatable bonds is 1. The van der Waals surface area contributed by atoms with Crippen molar-refractivity contribution in [3.05, 3.63) is 23.1 Å². The van der Waals surface area contributed by atoms with E-state index in [-0.39, 0.29) is 11.4 Å². The van der Waals surface area contributed by atoms with E-state index in [1.165, 1.54) is 11.3 Å². The lowest BCUT2D eigenvalue weighted by Gasteiger charge is -2.20. The van der Waals surface area contributed by atoms with Gasteiger partial charge in [-0.1, -0.05) is 0 Å². The Morgan fingerprint density at radius 1 is 1.20 bits per heavy atom. The predicted octanol–water partition coefficient (Wildman–Crippen LogP) is 3.33. The van der Waals surface area contributed by atoms with Crippen LogP contribution < -0.4 is 20.5 Å². The van der Waals surface area contributed by atoms with Crippen LogP contribution in [0.3, 0.4) is 0 Å². The molecule has 0 fully saturated rings. The first-order valence-electron chi connectivity index (χ1n) is 8.07. The summed E-state index contributed by atoms with van der Waals surface area (Å²) in [6.07, 6.45) is 0. The smallest absolute Gasteiger partial charge is 0.263 e. The first-order chi connectivity index (χ1) is 11.8. The van der Waals surface area contributed by atoms with Gasteiger partial charge in [-0.3, -0.25) is 4.79 Å². The minimum atomic E-state index is -0.328. The third kappa shape index (κ3) is 2.84. The Kier molecular flexibility index (Phi) is 3.50. The summed E-state index contributed by atoms with van der Waals surface area (Å²) in [6, 6.07) is 5.73. The number of nitrogens with two attached hydrogens (primary N) is 1. The molecule has 25 heavy (non-hydrogen) atoms. The number of anilines is 1. The largest absolute Gasteiger partial charge is 0.486 e. The van der Waals surface area contributed by atoms with E-state index in [0.29, 0.717) is 35.3 Å². The van der Waals surface area contributed by atoms with E-state index >= 15 is 0 Å². The zero-order valence-electron chi connectivity index (χ0n) is 14.3. The molecule has 0 aliphatic carbocycles. The highest BCUT2D eigenvalue weighted by Crippen LogP contribution is 2.38. The van der Waals surface area contributed by atoms with Gasteiger partial charge >= 0.3 is 0 Å². The van der Waals surface area contributed by atoms with E-state index < -0.39 is 0 Å². The van der Waals surface area contributed by atoms with Gasteiger partial charge in [0.15, 0.2) is 11.5 Å². The Hall–Kier alpha value is -2.54. The van der Waals surface area contributed by atoms with Gasteiger partial charge < -0.3 is 20.5 Å². The van der Waals surface area contributed by atoms with Gasteiger partial charge in [0, 0.05) is 22.4 Å². The average Bonchev–Trinajstić information content (AvgIpc) is 2.85. The number of hydrogen-bond donors (Lipinski definition) is 2. The van der Waals surface area contributed by atoms with Gasteiger partial charge in [-0.15, -0.1) is 11.3 Å². The van der Waals surface area contributed by atoms with Gasteiger partial charge in [-0.05, 0) is 32.9 Å². The maximum Gasteiger partial charge on any atom is 0.263 e. The fraction of sp³-hybridized carbons (Fsp3) is 0.333. The van der Waals surface area contributed by atoms with E-state index in [0.717, 1.165) is 21.1 Å². The molecule has 2 aromatic heterocycles. The van der Waals surface area contributed by atoms with Crippen molar-refractivity contribution >= 4 is 44.1 Å². The molecule has 1 amide bonds. The third-order valence-corrected chi connectivity index (χ3v) is 4.99. The molecule has 3 aromatic rings. The summed E-state index contributed by atoms with van der Waals surface area (Å²) in [6.45, 7) is 6.87. The lowest BCUT2D eigenvalue weighted by atomic mass is 10.1. The highest BCUT2D eigenvalue weighted by atomic mass is 32.1. The molecule has 7 heteroatoms. The van der Waals surface area contributed by atoms with Crippen LogP contribution in [-0.4, -0.2) is 29.6 Å².